The summed E-state index contributed by atoms with van der Waals surface area (Å²) in [5.41, 5.74) is 1.47. The van der Waals surface area contributed by atoms with Crippen molar-refractivity contribution >= 4 is 45.8 Å². The third-order valence-electron chi connectivity index (χ3n) is 3.42. The topological polar surface area (TPSA) is 55.0 Å². The second-order valence-electron chi connectivity index (χ2n) is 4.82. The summed E-state index contributed by atoms with van der Waals surface area (Å²) in [5.74, 6) is 0.750. The largest absolute Gasteiger partial charge is 0.434 e. The van der Waals surface area contributed by atoms with Crippen LogP contribution in [0, 0.1) is 3.57 Å². The Bertz CT molecular complexity index is 738. The van der Waals surface area contributed by atoms with Crippen LogP contribution in [-0.4, -0.2) is 10.2 Å². The predicted molar refractivity (Wildman–Crippen MR) is 90.8 cm³/mol. The van der Waals surface area contributed by atoms with Crippen molar-refractivity contribution in [3.05, 3.63) is 47.2 Å². The van der Waals surface area contributed by atoms with Crippen LogP contribution < -0.4 is 10.3 Å². The molecule has 0 spiro atoms. The molecule has 0 atom stereocenters. The molecule has 0 unspecified atom stereocenters. The third kappa shape index (κ3) is 3.05. The fourth-order valence-corrected chi connectivity index (χ4v) is 3.99. The van der Waals surface area contributed by atoms with E-state index in [2.05, 4.69) is 32.8 Å². The number of aromatic amines is 1. The fraction of sp³-hybridized carbons (Fsp3) is 0.286. The van der Waals surface area contributed by atoms with Crippen LogP contribution in [-0.2, 0) is 12.8 Å². The second kappa shape index (κ2) is 6.14. The number of aromatic nitrogens is 2. The fourth-order valence-electron chi connectivity index (χ4n) is 2.44. The molecule has 0 aliphatic heterocycles. The molecule has 0 fully saturated rings. The van der Waals surface area contributed by atoms with E-state index < -0.39 is 0 Å². The molecule has 21 heavy (non-hydrogen) atoms. The number of nitrogens with zero attached hydrogens (tertiary/aromatic N) is 1. The van der Waals surface area contributed by atoms with Gasteiger partial charge in [0.2, 0.25) is 5.88 Å². The molecule has 110 valence electrons. The van der Waals surface area contributed by atoms with Gasteiger partial charge in [-0.1, -0.05) is 23.2 Å². The first-order chi connectivity index (χ1) is 10.1. The van der Waals surface area contributed by atoms with E-state index >= 15 is 0 Å². The molecule has 1 N–H and O–H groups in total. The average molecular weight is 437 g/mol. The van der Waals surface area contributed by atoms with E-state index in [0.717, 1.165) is 40.4 Å². The normalized spacial score (nSPS) is 13.9. The maximum Gasteiger partial charge on any atom is 0.267 e. The summed E-state index contributed by atoms with van der Waals surface area (Å²) < 4.78 is 6.72. The molecule has 1 aliphatic carbocycles. The molecule has 4 nitrogen and oxygen atoms in total. The van der Waals surface area contributed by atoms with Gasteiger partial charge in [0, 0.05) is 14.7 Å². The predicted octanol–water partition coefficient (Wildman–Crippen LogP) is 4.35. The lowest BCUT2D eigenvalue weighted by Gasteiger charge is -2.18. The van der Waals surface area contributed by atoms with Crippen LogP contribution in [0.15, 0.2) is 16.9 Å². The number of halogens is 3. The van der Waals surface area contributed by atoms with E-state index in [1.165, 1.54) is 0 Å². The minimum Gasteiger partial charge on any atom is -0.434 e. The average Bonchev–Trinajstić information content (AvgIpc) is 2.45. The molecule has 0 saturated heterocycles. The smallest absolute Gasteiger partial charge is 0.267 e. The number of nitrogens with one attached hydrogen (secondary N) is 1. The molecule has 1 aromatic carbocycles. The van der Waals surface area contributed by atoms with E-state index in [-0.39, 0.29) is 5.56 Å². The highest BCUT2D eigenvalue weighted by atomic mass is 127. The van der Waals surface area contributed by atoms with Crippen molar-refractivity contribution in [1.82, 2.24) is 10.2 Å². The third-order valence-corrected chi connectivity index (χ3v) is 4.61. The molecule has 0 bridgehead atoms. The summed E-state index contributed by atoms with van der Waals surface area (Å²) in [4.78, 5) is 11.8. The summed E-state index contributed by atoms with van der Waals surface area (Å²) in [7, 11) is 0. The van der Waals surface area contributed by atoms with Gasteiger partial charge in [0.25, 0.3) is 5.56 Å². The van der Waals surface area contributed by atoms with Crippen LogP contribution >= 0.6 is 45.8 Å². The van der Waals surface area contributed by atoms with Crippen molar-refractivity contribution in [2.75, 3.05) is 0 Å². The summed E-state index contributed by atoms with van der Waals surface area (Å²) in [6.07, 6.45) is 3.55. The van der Waals surface area contributed by atoms with Crippen molar-refractivity contribution < 1.29 is 4.74 Å². The molecule has 1 aromatic heterocycles. The minimum absolute atomic E-state index is 0.142. The SMILES string of the molecule is O=c1[nH]nc(Oc2c(Cl)cc(I)cc2Cl)c2c1CCCC2. The first-order valence-corrected chi connectivity index (χ1v) is 8.32. The Kier molecular flexibility index (Phi) is 4.42. The Morgan fingerprint density at radius 1 is 1.14 bits per heavy atom. The lowest BCUT2D eigenvalue weighted by atomic mass is 9.94. The molecule has 1 heterocycles. The van der Waals surface area contributed by atoms with Gasteiger partial charge in [-0.2, -0.15) is 0 Å². The molecule has 0 radical (unpaired) electrons. The van der Waals surface area contributed by atoms with E-state index in [9.17, 15) is 4.79 Å². The highest BCUT2D eigenvalue weighted by molar-refractivity contribution is 14.1. The molecule has 0 saturated carbocycles. The van der Waals surface area contributed by atoms with Gasteiger partial charge in [-0.25, -0.2) is 5.10 Å². The van der Waals surface area contributed by atoms with Crippen molar-refractivity contribution in [1.29, 1.82) is 0 Å². The van der Waals surface area contributed by atoms with E-state index in [1.807, 2.05) is 0 Å². The molecule has 3 rings (SSSR count). The highest BCUT2D eigenvalue weighted by Crippen LogP contribution is 2.38. The number of rotatable bonds is 2. The Morgan fingerprint density at radius 2 is 1.76 bits per heavy atom. The Balaban J connectivity index is 2.05. The minimum atomic E-state index is -0.142. The van der Waals surface area contributed by atoms with Crippen LogP contribution in [0.1, 0.15) is 24.0 Å². The quantitative estimate of drug-likeness (QED) is 0.712. The molecule has 1 aliphatic rings. The van der Waals surface area contributed by atoms with Crippen LogP contribution in [0.3, 0.4) is 0 Å². The number of hydrogen-bond acceptors (Lipinski definition) is 3. The zero-order valence-electron chi connectivity index (χ0n) is 10.9. The summed E-state index contributed by atoms with van der Waals surface area (Å²) in [6.45, 7) is 0. The van der Waals surface area contributed by atoms with E-state index in [1.54, 1.807) is 12.1 Å². The van der Waals surface area contributed by atoms with Gasteiger partial charge in [-0.05, 0) is 60.4 Å². The van der Waals surface area contributed by atoms with Gasteiger partial charge in [0.05, 0.1) is 10.0 Å². The first kappa shape index (κ1) is 15.1. The Morgan fingerprint density at radius 3 is 2.43 bits per heavy atom. The van der Waals surface area contributed by atoms with Crippen molar-refractivity contribution in [3.63, 3.8) is 0 Å². The number of fused-ring (bicyclic) bond motifs is 1. The van der Waals surface area contributed by atoms with Gasteiger partial charge < -0.3 is 4.74 Å². The Labute approximate surface area is 144 Å². The number of benzene rings is 1. The molecule has 2 aromatic rings. The van der Waals surface area contributed by atoms with Crippen LogP contribution in [0.25, 0.3) is 0 Å². The van der Waals surface area contributed by atoms with Gasteiger partial charge in [0.15, 0.2) is 5.75 Å². The molecular weight excluding hydrogens is 426 g/mol. The van der Waals surface area contributed by atoms with Gasteiger partial charge in [-0.15, -0.1) is 5.10 Å². The first-order valence-electron chi connectivity index (χ1n) is 6.49. The summed E-state index contributed by atoms with van der Waals surface area (Å²) in [5, 5.41) is 7.33. The van der Waals surface area contributed by atoms with E-state index in [0.29, 0.717) is 21.7 Å². The zero-order chi connectivity index (χ0) is 15.0. The zero-order valence-corrected chi connectivity index (χ0v) is 14.6. The maximum absolute atomic E-state index is 11.8. The molecule has 7 heteroatoms. The molecule has 0 amide bonds. The molecular formula is C14H11Cl2IN2O2. The lowest BCUT2D eigenvalue weighted by molar-refractivity contribution is 0.440. The number of ether oxygens (including phenoxy) is 1. The van der Waals surface area contributed by atoms with Crippen molar-refractivity contribution in [2.45, 2.75) is 25.7 Å². The van der Waals surface area contributed by atoms with Gasteiger partial charge >= 0.3 is 0 Å². The number of hydrogen-bond donors (Lipinski definition) is 1. The maximum atomic E-state index is 11.8. The summed E-state index contributed by atoms with van der Waals surface area (Å²) in [6, 6.07) is 3.53. The monoisotopic (exact) mass is 436 g/mol. The van der Waals surface area contributed by atoms with Gasteiger partial charge in [-0.3, -0.25) is 4.79 Å². The van der Waals surface area contributed by atoms with Crippen molar-refractivity contribution in [2.24, 2.45) is 0 Å². The van der Waals surface area contributed by atoms with Gasteiger partial charge in [0.1, 0.15) is 0 Å². The summed E-state index contributed by atoms with van der Waals surface area (Å²) >= 11 is 14.5. The van der Waals surface area contributed by atoms with Crippen LogP contribution in [0.5, 0.6) is 11.6 Å². The number of H-pyrrole nitrogens is 1. The van der Waals surface area contributed by atoms with E-state index in [4.69, 9.17) is 27.9 Å². The highest BCUT2D eigenvalue weighted by Gasteiger charge is 2.21. The Hall–Kier alpha value is -0.790. The second-order valence-corrected chi connectivity index (χ2v) is 6.88. The lowest BCUT2D eigenvalue weighted by Crippen LogP contribution is -2.21. The van der Waals surface area contributed by atoms with Crippen LogP contribution in [0.2, 0.25) is 10.0 Å². The van der Waals surface area contributed by atoms with Crippen molar-refractivity contribution in [3.8, 4) is 11.6 Å². The van der Waals surface area contributed by atoms with Crippen LogP contribution in [0.4, 0.5) is 0 Å². The standard InChI is InChI=1S/C14H11Cl2IN2O2/c15-10-5-7(17)6-11(16)12(10)21-14-9-4-2-1-3-8(9)13(20)18-19-14/h5-6H,1-4H2,(H,18,20).